The van der Waals surface area contributed by atoms with Crippen LogP contribution in [-0.2, 0) is 15.8 Å². The van der Waals surface area contributed by atoms with Gasteiger partial charge in [-0.2, -0.15) is 11.8 Å². The monoisotopic (exact) mass is 368 g/mol. The van der Waals surface area contributed by atoms with E-state index >= 15 is 0 Å². The molecule has 0 saturated heterocycles. The number of rotatable bonds is 8. The summed E-state index contributed by atoms with van der Waals surface area (Å²) < 4.78 is 30.4. The Bertz CT molecular complexity index is 786. The molecule has 1 aromatic carbocycles. The number of carbonyl (C=O) groups is 1. The molecular formula is C16H20N2O4S2. The second-order valence-electron chi connectivity index (χ2n) is 5.24. The van der Waals surface area contributed by atoms with Gasteiger partial charge < -0.3 is 9.73 Å². The number of carbonyl (C=O) groups excluding carboxylic acids is 1. The lowest BCUT2D eigenvalue weighted by Crippen LogP contribution is -2.26. The first-order chi connectivity index (χ1) is 11.4. The number of sulfonamides is 1. The molecule has 0 spiro atoms. The third-order valence-corrected chi connectivity index (χ3v) is 4.80. The highest BCUT2D eigenvalue weighted by Gasteiger charge is 2.13. The van der Waals surface area contributed by atoms with E-state index in [1.54, 1.807) is 43.1 Å². The van der Waals surface area contributed by atoms with Crippen molar-refractivity contribution in [1.29, 1.82) is 0 Å². The Morgan fingerprint density at radius 1 is 1.25 bits per heavy atom. The van der Waals surface area contributed by atoms with Crippen LogP contribution in [0.25, 0.3) is 0 Å². The summed E-state index contributed by atoms with van der Waals surface area (Å²) in [5.74, 6) is 2.20. The molecule has 24 heavy (non-hydrogen) atoms. The Kier molecular flexibility index (Phi) is 6.33. The lowest BCUT2D eigenvalue weighted by atomic mass is 10.1. The minimum absolute atomic E-state index is 0.219. The summed E-state index contributed by atoms with van der Waals surface area (Å²) in [7, 11) is -3.38. The smallest absolute Gasteiger partial charge is 0.251 e. The van der Waals surface area contributed by atoms with Crippen LogP contribution in [0, 0.1) is 6.92 Å². The zero-order chi connectivity index (χ0) is 17.6. The summed E-state index contributed by atoms with van der Waals surface area (Å²) in [6.07, 6.45) is 2.72. The number of hydrogen-bond donors (Lipinski definition) is 2. The summed E-state index contributed by atoms with van der Waals surface area (Å²) in [6, 6.07) is 8.72. The average Bonchev–Trinajstić information content (AvgIpc) is 3.01. The van der Waals surface area contributed by atoms with E-state index in [0.29, 0.717) is 23.4 Å². The molecular weight excluding hydrogens is 348 g/mol. The maximum absolute atomic E-state index is 12.3. The molecule has 0 atom stereocenters. The van der Waals surface area contributed by atoms with Gasteiger partial charge in [0.05, 0.1) is 24.0 Å². The van der Waals surface area contributed by atoms with Crippen LogP contribution in [0.4, 0.5) is 5.69 Å². The zero-order valence-electron chi connectivity index (χ0n) is 13.5. The SMILES string of the molecule is Cc1c(NS(C)(=O)=O)cccc1C(=O)NCCSCc1ccco1. The standard InChI is InChI=1S/C16H20N2O4S2/c1-12-14(6-3-7-15(12)18-24(2,20)21)16(19)17-8-10-23-11-13-5-4-9-22-13/h3-7,9,18H,8,10-11H2,1-2H3,(H,17,19). The predicted octanol–water partition coefficient (Wildman–Crippen LogP) is 2.62. The third kappa shape index (κ3) is 5.61. The molecule has 0 unspecified atom stereocenters. The first-order valence-corrected chi connectivity index (χ1v) is 10.4. The van der Waals surface area contributed by atoms with Gasteiger partial charge in [0.15, 0.2) is 0 Å². The Balaban J connectivity index is 1.86. The molecule has 0 aliphatic carbocycles. The van der Waals surface area contributed by atoms with Gasteiger partial charge in [-0.15, -0.1) is 0 Å². The molecule has 0 saturated carbocycles. The summed E-state index contributed by atoms with van der Waals surface area (Å²) in [6.45, 7) is 2.24. The first-order valence-electron chi connectivity index (χ1n) is 7.32. The molecule has 6 nitrogen and oxygen atoms in total. The van der Waals surface area contributed by atoms with Crippen molar-refractivity contribution in [1.82, 2.24) is 5.32 Å². The van der Waals surface area contributed by atoms with Crippen LogP contribution in [0.3, 0.4) is 0 Å². The van der Waals surface area contributed by atoms with Crippen LogP contribution in [0.2, 0.25) is 0 Å². The maximum Gasteiger partial charge on any atom is 0.251 e. The molecule has 0 fully saturated rings. The van der Waals surface area contributed by atoms with E-state index in [1.165, 1.54) is 0 Å². The number of thioether (sulfide) groups is 1. The van der Waals surface area contributed by atoms with E-state index in [1.807, 2.05) is 12.1 Å². The summed E-state index contributed by atoms with van der Waals surface area (Å²) in [5, 5.41) is 2.84. The van der Waals surface area contributed by atoms with Gasteiger partial charge in [-0.3, -0.25) is 9.52 Å². The lowest BCUT2D eigenvalue weighted by molar-refractivity contribution is 0.0955. The fourth-order valence-electron chi connectivity index (χ4n) is 2.09. The third-order valence-electron chi connectivity index (χ3n) is 3.23. The van der Waals surface area contributed by atoms with Gasteiger partial charge in [0.25, 0.3) is 5.91 Å². The van der Waals surface area contributed by atoms with Gasteiger partial charge in [0.1, 0.15) is 5.76 Å². The molecule has 2 aromatic rings. The van der Waals surface area contributed by atoms with Crippen LogP contribution in [0.15, 0.2) is 41.0 Å². The molecule has 2 rings (SSSR count). The van der Waals surface area contributed by atoms with Crippen molar-refractivity contribution in [3.63, 3.8) is 0 Å². The van der Waals surface area contributed by atoms with Crippen LogP contribution < -0.4 is 10.0 Å². The largest absolute Gasteiger partial charge is 0.468 e. The highest BCUT2D eigenvalue weighted by atomic mass is 32.2. The molecule has 0 radical (unpaired) electrons. The Morgan fingerprint density at radius 2 is 2.04 bits per heavy atom. The van der Waals surface area contributed by atoms with E-state index in [4.69, 9.17) is 4.42 Å². The molecule has 0 bridgehead atoms. The van der Waals surface area contributed by atoms with Gasteiger partial charge in [-0.25, -0.2) is 8.42 Å². The van der Waals surface area contributed by atoms with Crippen molar-refractivity contribution < 1.29 is 17.6 Å². The average molecular weight is 368 g/mol. The predicted molar refractivity (Wildman–Crippen MR) is 96.8 cm³/mol. The molecule has 1 aromatic heterocycles. The number of furan rings is 1. The van der Waals surface area contributed by atoms with Crippen molar-refractivity contribution >= 4 is 33.4 Å². The van der Waals surface area contributed by atoms with Crippen LogP contribution >= 0.6 is 11.8 Å². The number of anilines is 1. The Hall–Kier alpha value is -1.93. The highest BCUT2D eigenvalue weighted by Crippen LogP contribution is 2.20. The van der Waals surface area contributed by atoms with Crippen LogP contribution in [-0.4, -0.2) is 32.9 Å². The van der Waals surface area contributed by atoms with Crippen LogP contribution in [0.1, 0.15) is 21.7 Å². The van der Waals surface area contributed by atoms with Gasteiger partial charge in [-0.1, -0.05) is 6.07 Å². The topological polar surface area (TPSA) is 88.4 Å². The molecule has 8 heteroatoms. The fourth-order valence-corrected chi connectivity index (χ4v) is 3.47. The molecule has 130 valence electrons. The summed E-state index contributed by atoms with van der Waals surface area (Å²) >= 11 is 1.66. The van der Waals surface area contributed by atoms with E-state index in [9.17, 15) is 13.2 Å². The summed E-state index contributed by atoms with van der Waals surface area (Å²) in [5.41, 5.74) is 1.47. The van der Waals surface area contributed by atoms with Gasteiger partial charge in [0.2, 0.25) is 10.0 Å². The van der Waals surface area contributed by atoms with E-state index < -0.39 is 10.0 Å². The van der Waals surface area contributed by atoms with Crippen molar-refractivity contribution in [2.45, 2.75) is 12.7 Å². The lowest BCUT2D eigenvalue weighted by Gasteiger charge is -2.12. The molecule has 1 amide bonds. The van der Waals surface area contributed by atoms with Gasteiger partial charge in [-0.05, 0) is 36.8 Å². The van der Waals surface area contributed by atoms with Crippen LogP contribution in [0.5, 0.6) is 0 Å². The number of hydrogen-bond acceptors (Lipinski definition) is 5. The van der Waals surface area contributed by atoms with Crippen molar-refractivity contribution in [2.24, 2.45) is 0 Å². The second kappa shape index (κ2) is 8.25. The number of amides is 1. The fraction of sp³-hybridized carbons (Fsp3) is 0.312. The molecule has 2 N–H and O–H groups in total. The van der Waals surface area contributed by atoms with Gasteiger partial charge in [0, 0.05) is 17.9 Å². The minimum atomic E-state index is -3.38. The summed E-state index contributed by atoms with van der Waals surface area (Å²) in [4.78, 5) is 12.3. The normalized spacial score (nSPS) is 11.2. The second-order valence-corrected chi connectivity index (χ2v) is 8.09. The van der Waals surface area contributed by atoms with Crippen molar-refractivity contribution in [3.05, 3.63) is 53.5 Å². The first kappa shape index (κ1) is 18.4. The number of nitrogens with one attached hydrogen (secondary N) is 2. The van der Waals surface area contributed by atoms with E-state index in [-0.39, 0.29) is 5.91 Å². The van der Waals surface area contributed by atoms with E-state index in [2.05, 4.69) is 10.0 Å². The minimum Gasteiger partial charge on any atom is -0.468 e. The van der Waals surface area contributed by atoms with Crippen molar-refractivity contribution in [3.8, 4) is 0 Å². The molecule has 0 aliphatic heterocycles. The van der Waals surface area contributed by atoms with E-state index in [0.717, 1.165) is 23.5 Å². The highest BCUT2D eigenvalue weighted by molar-refractivity contribution is 7.98. The van der Waals surface area contributed by atoms with Crippen molar-refractivity contribution in [2.75, 3.05) is 23.3 Å². The molecule has 1 heterocycles. The number of benzene rings is 1. The molecule has 0 aliphatic rings. The Labute approximate surface area is 146 Å². The Morgan fingerprint density at radius 3 is 2.71 bits per heavy atom. The maximum atomic E-state index is 12.3. The zero-order valence-corrected chi connectivity index (χ0v) is 15.2. The quantitative estimate of drug-likeness (QED) is 0.699. The van der Waals surface area contributed by atoms with Gasteiger partial charge >= 0.3 is 0 Å².